The van der Waals surface area contributed by atoms with E-state index in [9.17, 15) is 18.3 Å². The second-order valence-electron chi connectivity index (χ2n) is 4.35. The number of carbonyl (C=O) groups is 1. The lowest BCUT2D eigenvalue weighted by Crippen LogP contribution is -2.35. The van der Waals surface area contributed by atoms with E-state index < -0.39 is 22.1 Å². The molecule has 0 aromatic carbocycles. The molecule has 1 aromatic rings. The summed E-state index contributed by atoms with van der Waals surface area (Å²) in [6, 6.07) is 2.26. The van der Waals surface area contributed by atoms with Gasteiger partial charge < -0.3 is 10.2 Å². The van der Waals surface area contributed by atoms with E-state index in [2.05, 4.69) is 9.71 Å². The Labute approximate surface area is 111 Å². The van der Waals surface area contributed by atoms with Crippen LogP contribution >= 0.6 is 0 Å². The van der Waals surface area contributed by atoms with Crippen LogP contribution in [-0.4, -0.2) is 42.2 Å². The summed E-state index contributed by atoms with van der Waals surface area (Å²) in [5.41, 5.74) is -0.0961. The van der Waals surface area contributed by atoms with Crippen molar-refractivity contribution in [2.75, 3.05) is 6.54 Å². The largest absolute Gasteiger partial charge is 0.478 e. The number of nitrogens with one attached hydrogen (secondary N) is 1. The molecule has 0 radical (unpaired) electrons. The Morgan fingerprint density at radius 1 is 1.42 bits per heavy atom. The van der Waals surface area contributed by atoms with Gasteiger partial charge in [0.2, 0.25) is 0 Å². The van der Waals surface area contributed by atoms with Gasteiger partial charge >= 0.3 is 5.97 Å². The first-order chi connectivity index (χ1) is 8.74. The number of hydrogen-bond donors (Lipinski definition) is 3. The van der Waals surface area contributed by atoms with Gasteiger partial charge in [-0.25, -0.2) is 22.9 Å². The zero-order chi connectivity index (χ0) is 14.6. The summed E-state index contributed by atoms with van der Waals surface area (Å²) in [6.07, 6.45) is 0.170. The average molecular weight is 288 g/mol. The van der Waals surface area contributed by atoms with Gasteiger partial charge in [-0.05, 0) is 18.1 Å². The van der Waals surface area contributed by atoms with Crippen molar-refractivity contribution in [1.29, 1.82) is 0 Å². The van der Waals surface area contributed by atoms with Gasteiger partial charge in [0.1, 0.15) is 0 Å². The molecule has 0 fully saturated rings. The fourth-order valence-electron chi connectivity index (χ4n) is 1.17. The zero-order valence-corrected chi connectivity index (χ0v) is 11.4. The van der Waals surface area contributed by atoms with Crippen molar-refractivity contribution in [3.63, 3.8) is 0 Å². The summed E-state index contributed by atoms with van der Waals surface area (Å²) in [5, 5.41) is 17.9. The highest BCUT2D eigenvalue weighted by Gasteiger charge is 2.19. The molecule has 1 atom stereocenters. The van der Waals surface area contributed by atoms with E-state index in [0.29, 0.717) is 0 Å². The number of aromatic nitrogens is 1. The van der Waals surface area contributed by atoms with Crippen molar-refractivity contribution in [2.45, 2.75) is 25.0 Å². The normalized spacial score (nSPS) is 13.5. The third kappa shape index (κ3) is 4.27. The van der Waals surface area contributed by atoms with Gasteiger partial charge in [0, 0.05) is 12.7 Å². The van der Waals surface area contributed by atoms with Crippen LogP contribution in [0.25, 0.3) is 0 Å². The van der Waals surface area contributed by atoms with Crippen LogP contribution in [0.5, 0.6) is 0 Å². The number of aromatic carboxylic acids is 1. The predicted molar refractivity (Wildman–Crippen MR) is 67.2 cm³/mol. The van der Waals surface area contributed by atoms with Gasteiger partial charge in [-0.2, -0.15) is 0 Å². The van der Waals surface area contributed by atoms with Gasteiger partial charge in [0.25, 0.3) is 10.0 Å². The lowest BCUT2D eigenvalue weighted by molar-refractivity contribution is 0.0696. The summed E-state index contributed by atoms with van der Waals surface area (Å²) < 4.78 is 25.8. The summed E-state index contributed by atoms with van der Waals surface area (Å²) in [4.78, 5) is 14.2. The van der Waals surface area contributed by atoms with E-state index in [-0.39, 0.29) is 23.1 Å². The lowest BCUT2D eigenvalue weighted by Gasteiger charge is -2.14. The molecule has 1 rings (SSSR count). The molecule has 106 valence electrons. The van der Waals surface area contributed by atoms with Gasteiger partial charge in [-0.1, -0.05) is 13.8 Å². The van der Waals surface area contributed by atoms with Crippen LogP contribution in [0.1, 0.15) is 24.2 Å². The lowest BCUT2D eigenvalue weighted by atomic mass is 10.1. The first-order valence-corrected chi connectivity index (χ1v) is 7.09. The highest BCUT2D eigenvalue weighted by Crippen LogP contribution is 2.07. The molecule has 7 nitrogen and oxygen atoms in total. The minimum absolute atomic E-state index is 0.0787. The standard InChI is InChI=1S/C11H16N2O5S/c1-7(2)9(14)6-13-19(17,18)10-4-3-8(5-12-10)11(15)16/h3-5,7,9,13-14H,6H2,1-2H3,(H,15,16). The Morgan fingerprint density at radius 3 is 2.47 bits per heavy atom. The highest BCUT2D eigenvalue weighted by atomic mass is 32.2. The first-order valence-electron chi connectivity index (χ1n) is 5.61. The number of sulfonamides is 1. The number of aliphatic hydroxyl groups is 1. The van der Waals surface area contributed by atoms with Crippen molar-refractivity contribution in [2.24, 2.45) is 5.92 Å². The van der Waals surface area contributed by atoms with E-state index in [4.69, 9.17) is 5.11 Å². The summed E-state index contributed by atoms with van der Waals surface area (Å²) in [5.74, 6) is -1.26. The molecular formula is C11H16N2O5S. The Balaban J connectivity index is 2.80. The number of hydrogen-bond acceptors (Lipinski definition) is 5. The van der Waals surface area contributed by atoms with E-state index in [1.165, 1.54) is 0 Å². The van der Waals surface area contributed by atoms with E-state index in [1.54, 1.807) is 13.8 Å². The van der Waals surface area contributed by atoms with E-state index in [0.717, 1.165) is 18.3 Å². The van der Waals surface area contributed by atoms with Crippen molar-refractivity contribution in [1.82, 2.24) is 9.71 Å². The van der Waals surface area contributed by atoms with Crippen molar-refractivity contribution in [3.05, 3.63) is 23.9 Å². The van der Waals surface area contributed by atoms with Gasteiger partial charge in [-0.3, -0.25) is 0 Å². The molecule has 1 aromatic heterocycles. The Hall–Kier alpha value is -1.51. The molecule has 0 aliphatic rings. The number of aliphatic hydroxyl groups excluding tert-OH is 1. The molecule has 19 heavy (non-hydrogen) atoms. The third-order valence-electron chi connectivity index (χ3n) is 2.51. The Bertz CT molecular complexity index is 539. The molecule has 3 N–H and O–H groups in total. The number of nitrogens with zero attached hydrogens (tertiary/aromatic N) is 1. The number of rotatable bonds is 6. The number of carboxylic acids is 1. The highest BCUT2D eigenvalue weighted by molar-refractivity contribution is 7.89. The van der Waals surface area contributed by atoms with Crippen LogP contribution in [0.15, 0.2) is 23.4 Å². The molecule has 0 amide bonds. The fourth-order valence-corrected chi connectivity index (χ4v) is 2.15. The van der Waals surface area contributed by atoms with E-state index in [1.807, 2.05) is 0 Å². The molecule has 0 spiro atoms. The number of pyridine rings is 1. The second-order valence-corrected chi connectivity index (χ2v) is 6.07. The van der Waals surface area contributed by atoms with Crippen LogP contribution in [0.3, 0.4) is 0 Å². The Morgan fingerprint density at radius 2 is 2.05 bits per heavy atom. The minimum Gasteiger partial charge on any atom is -0.478 e. The average Bonchev–Trinajstić information content (AvgIpc) is 2.36. The fraction of sp³-hybridized carbons (Fsp3) is 0.455. The molecule has 0 saturated carbocycles. The molecule has 8 heteroatoms. The molecule has 0 aliphatic carbocycles. The third-order valence-corrected chi connectivity index (χ3v) is 3.85. The maximum absolute atomic E-state index is 11.8. The van der Waals surface area contributed by atoms with Crippen LogP contribution < -0.4 is 4.72 Å². The summed E-state index contributed by atoms with van der Waals surface area (Å²) >= 11 is 0. The molecule has 0 bridgehead atoms. The van der Waals surface area contributed by atoms with Gasteiger partial charge in [0.05, 0.1) is 11.7 Å². The quantitative estimate of drug-likeness (QED) is 0.682. The van der Waals surface area contributed by atoms with Crippen molar-refractivity contribution in [3.8, 4) is 0 Å². The van der Waals surface area contributed by atoms with Gasteiger partial charge in [-0.15, -0.1) is 0 Å². The molecule has 1 heterocycles. The first kappa shape index (κ1) is 15.5. The zero-order valence-electron chi connectivity index (χ0n) is 10.6. The minimum atomic E-state index is -3.85. The molecule has 1 unspecified atom stereocenters. The maximum Gasteiger partial charge on any atom is 0.337 e. The SMILES string of the molecule is CC(C)C(O)CNS(=O)(=O)c1ccc(C(=O)O)cn1. The monoisotopic (exact) mass is 288 g/mol. The molecule has 0 aliphatic heterocycles. The van der Waals surface area contributed by atoms with Gasteiger partial charge in [0.15, 0.2) is 5.03 Å². The molecular weight excluding hydrogens is 272 g/mol. The topological polar surface area (TPSA) is 117 Å². The van der Waals surface area contributed by atoms with Crippen molar-refractivity contribution < 1.29 is 23.4 Å². The smallest absolute Gasteiger partial charge is 0.337 e. The maximum atomic E-state index is 11.8. The summed E-state index contributed by atoms with van der Waals surface area (Å²) in [7, 11) is -3.85. The van der Waals surface area contributed by atoms with Crippen molar-refractivity contribution >= 4 is 16.0 Å². The summed E-state index contributed by atoms with van der Waals surface area (Å²) in [6.45, 7) is 3.40. The van der Waals surface area contributed by atoms with E-state index >= 15 is 0 Å². The van der Waals surface area contributed by atoms with Crippen LogP contribution in [0.4, 0.5) is 0 Å². The van der Waals surface area contributed by atoms with Crippen LogP contribution in [-0.2, 0) is 10.0 Å². The van der Waals surface area contributed by atoms with Crippen LogP contribution in [0, 0.1) is 5.92 Å². The van der Waals surface area contributed by atoms with Crippen LogP contribution in [0.2, 0.25) is 0 Å². The number of carboxylic acid groups (broad SMARTS) is 1. The second kappa shape index (κ2) is 6.09. The Kier molecular flexibility index (Phi) is 4.98. The predicted octanol–water partition coefficient (Wildman–Crippen LogP) is 0.0750. The molecule has 0 saturated heterocycles.